The summed E-state index contributed by atoms with van der Waals surface area (Å²) < 4.78 is 5.28. The highest BCUT2D eigenvalue weighted by molar-refractivity contribution is 5.29. The molecule has 0 aliphatic heterocycles. The van der Waals surface area contributed by atoms with Gasteiger partial charge in [-0.2, -0.15) is 0 Å². The molecule has 1 aromatic carbocycles. The minimum atomic E-state index is -0.533. The number of aliphatic hydroxyl groups is 1. The minimum absolute atomic E-state index is 0.0458. The van der Waals surface area contributed by atoms with E-state index in [9.17, 15) is 5.11 Å². The van der Waals surface area contributed by atoms with Crippen molar-refractivity contribution in [3.8, 4) is 0 Å². The number of hydrogen-bond donors (Lipinski definition) is 2. The van der Waals surface area contributed by atoms with Gasteiger partial charge in [-0.1, -0.05) is 45.0 Å². The van der Waals surface area contributed by atoms with Crippen molar-refractivity contribution in [3.63, 3.8) is 0 Å². The molecule has 0 amide bonds. The van der Waals surface area contributed by atoms with Crippen LogP contribution in [0.1, 0.15) is 50.7 Å². The van der Waals surface area contributed by atoms with Crippen LogP contribution in [0.4, 0.5) is 0 Å². The van der Waals surface area contributed by atoms with Crippen LogP contribution in [0, 0.1) is 0 Å². The topological polar surface area (TPSA) is 45.4 Å². The first-order valence-electron chi connectivity index (χ1n) is 7.42. The van der Waals surface area contributed by atoms with Gasteiger partial charge in [0, 0.05) is 6.04 Å². The zero-order valence-electron chi connectivity index (χ0n) is 13.3. The van der Waals surface area contributed by atoms with Gasteiger partial charge >= 0.3 is 0 Å². The highest BCUT2D eigenvalue weighted by Crippen LogP contribution is 2.25. The van der Waals surface area contributed by atoms with Gasteiger partial charge in [-0.15, -0.1) is 0 Å². The Kier molecular flexibility index (Phi) is 4.86. The summed E-state index contributed by atoms with van der Waals surface area (Å²) in [7, 11) is 0. The lowest BCUT2D eigenvalue weighted by Crippen LogP contribution is -2.31. The van der Waals surface area contributed by atoms with Crippen LogP contribution in [0.5, 0.6) is 0 Å². The van der Waals surface area contributed by atoms with E-state index < -0.39 is 6.10 Å². The molecule has 0 aliphatic rings. The van der Waals surface area contributed by atoms with Crippen molar-refractivity contribution in [2.75, 3.05) is 0 Å². The highest BCUT2D eigenvalue weighted by Gasteiger charge is 2.18. The molecule has 3 heteroatoms. The molecule has 114 valence electrons. The Morgan fingerprint density at radius 1 is 1.14 bits per heavy atom. The molecule has 0 saturated heterocycles. The molecular formula is C18H25NO2. The van der Waals surface area contributed by atoms with E-state index in [0.29, 0.717) is 6.54 Å². The van der Waals surface area contributed by atoms with Gasteiger partial charge in [0.25, 0.3) is 0 Å². The predicted molar refractivity (Wildman–Crippen MR) is 85.1 cm³/mol. The van der Waals surface area contributed by atoms with Gasteiger partial charge < -0.3 is 14.8 Å². The molecule has 1 heterocycles. The van der Waals surface area contributed by atoms with E-state index in [1.54, 1.807) is 6.26 Å². The van der Waals surface area contributed by atoms with Crippen molar-refractivity contribution in [2.24, 2.45) is 0 Å². The minimum Gasteiger partial charge on any atom is -0.468 e. The third-order valence-corrected chi connectivity index (χ3v) is 3.77. The van der Waals surface area contributed by atoms with E-state index in [4.69, 9.17) is 4.42 Å². The summed E-state index contributed by atoms with van der Waals surface area (Å²) in [6.07, 6.45) is 1.12. The van der Waals surface area contributed by atoms with E-state index in [1.165, 1.54) is 5.56 Å². The summed E-state index contributed by atoms with van der Waals surface area (Å²) in [6.45, 7) is 9.15. The number of hydrogen-bond acceptors (Lipinski definition) is 3. The van der Waals surface area contributed by atoms with Crippen LogP contribution >= 0.6 is 0 Å². The van der Waals surface area contributed by atoms with Crippen LogP contribution < -0.4 is 5.32 Å². The second kappa shape index (κ2) is 6.46. The number of rotatable bonds is 5. The molecular weight excluding hydrogens is 262 g/mol. The fraction of sp³-hybridized carbons (Fsp3) is 0.444. The van der Waals surface area contributed by atoms with Crippen molar-refractivity contribution in [2.45, 2.75) is 51.8 Å². The first kappa shape index (κ1) is 15.8. The summed E-state index contributed by atoms with van der Waals surface area (Å²) in [5, 5.41) is 13.7. The summed E-state index contributed by atoms with van der Waals surface area (Å²) in [5.74, 6) is 0.872. The molecule has 0 saturated carbocycles. The molecule has 2 N–H and O–H groups in total. The second-order valence-electron chi connectivity index (χ2n) is 6.57. The molecule has 0 spiro atoms. The van der Waals surface area contributed by atoms with E-state index in [1.807, 2.05) is 31.2 Å². The summed E-state index contributed by atoms with van der Waals surface area (Å²) in [5.41, 5.74) is 2.34. The molecule has 2 unspecified atom stereocenters. The quantitative estimate of drug-likeness (QED) is 0.879. The number of aliphatic hydroxyl groups excluding tert-OH is 1. The maximum atomic E-state index is 10.4. The van der Waals surface area contributed by atoms with E-state index in [-0.39, 0.29) is 11.5 Å². The fourth-order valence-corrected chi connectivity index (χ4v) is 2.26. The lowest BCUT2D eigenvalue weighted by molar-refractivity contribution is 0.134. The third kappa shape index (κ3) is 4.19. The third-order valence-electron chi connectivity index (χ3n) is 3.77. The van der Waals surface area contributed by atoms with Crippen molar-refractivity contribution in [1.29, 1.82) is 0 Å². The molecule has 0 bridgehead atoms. The summed E-state index contributed by atoms with van der Waals surface area (Å²) in [4.78, 5) is 0. The Balaban J connectivity index is 1.97. The molecule has 2 rings (SSSR count). The highest BCUT2D eigenvalue weighted by atomic mass is 16.3. The molecule has 0 fully saturated rings. The zero-order valence-corrected chi connectivity index (χ0v) is 13.3. The lowest BCUT2D eigenvalue weighted by atomic mass is 9.86. The van der Waals surface area contributed by atoms with Gasteiger partial charge in [-0.3, -0.25) is 0 Å². The normalized spacial score (nSPS) is 14.9. The van der Waals surface area contributed by atoms with Crippen molar-refractivity contribution < 1.29 is 9.52 Å². The number of furan rings is 1. The Morgan fingerprint density at radius 3 is 2.33 bits per heavy atom. The van der Waals surface area contributed by atoms with Crippen molar-refractivity contribution >= 4 is 0 Å². The Bertz CT molecular complexity index is 538. The van der Waals surface area contributed by atoms with Crippen LogP contribution in [-0.2, 0) is 12.0 Å². The Labute approximate surface area is 127 Å². The number of benzene rings is 1. The van der Waals surface area contributed by atoms with Crippen LogP contribution in [0.25, 0.3) is 0 Å². The van der Waals surface area contributed by atoms with E-state index in [2.05, 4.69) is 38.2 Å². The average Bonchev–Trinajstić information content (AvgIpc) is 2.96. The molecule has 2 atom stereocenters. The first-order chi connectivity index (χ1) is 9.88. The first-order valence-corrected chi connectivity index (χ1v) is 7.42. The molecule has 1 aromatic heterocycles. The van der Waals surface area contributed by atoms with E-state index in [0.717, 1.165) is 11.3 Å². The van der Waals surface area contributed by atoms with Gasteiger partial charge in [0.15, 0.2) is 0 Å². The van der Waals surface area contributed by atoms with Gasteiger partial charge in [-0.25, -0.2) is 0 Å². The zero-order chi connectivity index (χ0) is 15.5. The molecule has 3 nitrogen and oxygen atoms in total. The number of nitrogens with one attached hydrogen (secondary N) is 1. The predicted octanol–water partition coefficient (Wildman–Crippen LogP) is 3.79. The summed E-state index contributed by atoms with van der Waals surface area (Å²) >= 11 is 0. The van der Waals surface area contributed by atoms with Crippen molar-refractivity contribution in [1.82, 2.24) is 5.32 Å². The average molecular weight is 287 g/mol. The maximum absolute atomic E-state index is 10.4. The largest absolute Gasteiger partial charge is 0.468 e. The van der Waals surface area contributed by atoms with E-state index >= 15 is 0 Å². The smallest absolute Gasteiger partial charge is 0.117 e. The molecule has 0 aliphatic carbocycles. The van der Waals surface area contributed by atoms with Crippen LogP contribution in [0.2, 0.25) is 0 Å². The van der Waals surface area contributed by atoms with Crippen LogP contribution in [0.15, 0.2) is 47.1 Å². The SMILES string of the molecule is CC(NCc1ccco1)C(O)c1ccc(C(C)(C)C)cc1. The Hall–Kier alpha value is -1.58. The van der Waals surface area contributed by atoms with Gasteiger partial charge in [0.2, 0.25) is 0 Å². The molecule has 21 heavy (non-hydrogen) atoms. The molecule has 0 radical (unpaired) electrons. The monoisotopic (exact) mass is 287 g/mol. The van der Waals surface area contributed by atoms with Crippen LogP contribution in [0.3, 0.4) is 0 Å². The van der Waals surface area contributed by atoms with Gasteiger partial charge in [0.05, 0.1) is 18.9 Å². The lowest BCUT2D eigenvalue weighted by Gasteiger charge is -2.23. The van der Waals surface area contributed by atoms with Crippen molar-refractivity contribution in [3.05, 3.63) is 59.5 Å². The van der Waals surface area contributed by atoms with Gasteiger partial charge in [0.1, 0.15) is 5.76 Å². The standard InChI is InChI=1S/C18H25NO2/c1-13(19-12-16-6-5-11-21-16)17(20)14-7-9-15(10-8-14)18(2,3)4/h5-11,13,17,19-20H,12H2,1-4H3. The fourth-order valence-electron chi connectivity index (χ4n) is 2.26. The Morgan fingerprint density at radius 2 is 1.81 bits per heavy atom. The second-order valence-corrected chi connectivity index (χ2v) is 6.57. The summed E-state index contributed by atoms with van der Waals surface area (Å²) in [6, 6.07) is 12.0. The maximum Gasteiger partial charge on any atom is 0.117 e. The molecule has 2 aromatic rings. The van der Waals surface area contributed by atoms with Gasteiger partial charge in [-0.05, 0) is 35.6 Å². The van der Waals surface area contributed by atoms with Crippen LogP contribution in [-0.4, -0.2) is 11.1 Å².